The number of rotatable bonds is 3. The zero-order valence-corrected chi connectivity index (χ0v) is 28.0. The second-order valence-electron chi connectivity index (χ2n) is 12.8. The van der Waals surface area contributed by atoms with Crippen molar-refractivity contribution in [2.75, 3.05) is 0 Å². The fourth-order valence-corrected chi connectivity index (χ4v) is 8.92. The minimum Gasteiger partial charge on any atom is -0.455 e. The number of para-hydroxylation sites is 1. The Morgan fingerprint density at radius 2 is 0.900 bits per heavy atom. The largest absolute Gasteiger partial charge is 0.455 e. The van der Waals surface area contributed by atoms with Crippen molar-refractivity contribution in [2.24, 2.45) is 0 Å². The van der Waals surface area contributed by atoms with E-state index in [-0.39, 0.29) is 0 Å². The molecule has 2 heteroatoms. The molecule has 0 fully saturated rings. The van der Waals surface area contributed by atoms with Gasteiger partial charge in [-0.1, -0.05) is 164 Å². The van der Waals surface area contributed by atoms with Crippen LogP contribution in [0.5, 0.6) is 0 Å². The number of furan rings is 1. The minimum atomic E-state index is 0.929. The summed E-state index contributed by atoms with van der Waals surface area (Å²) in [6, 6.07) is 65.5. The van der Waals surface area contributed by atoms with Crippen molar-refractivity contribution in [2.45, 2.75) is 0 Å². The van der Waals surface area contributed by atoms with E-state index in [0.717, 1.165) is 16.6 Å². The van der Waals surface area contributed by atoms with Crippen LogP contribution in [-0.2, 0) is 0 Å². The van der Waals surface area contributed by atoms with Gasteiger partial charge in [0, 0.05) is 41.7 Å². The SMILES string of the molecule is c1ccc(-c2cccc(-c3ccccccc(-c4ccc5c(c4)sc4c6ccccc6c6oc7ccccc7c6c54)c4ccccc34)c2)cc1. The number of hydrogen-bond donors (Lipinski definition) is 0. The second-order valence-corrected chi connectivity index (χ2v) is 13.8. The lowest BCUT2D eigenvalue weighted by atomic mass is 9.93. The van der Waals surface area contributed by atoms with Crippen LogP contribution in [-0.4, -0.2) is 0 Å². The van der Waals surface area contributed by atoms with Crippen LogP contribution < -0.4 is 0 Å². The average Bonchev–Trinajstić information content (AvgIpc) is 3.76. The van der Waals surface area contributed by atoms with E-state index in [0.29, 0.717) is 0 Å². The maximum atomic E-state index is 6.55. The summed E-state index contributed by atoms with van der Waals surface area (Å²) in [6.45, 7) is 0. The molecule has 0 saturated carbocycles. The molecule has 2 heterocycles. The van der Waals surface area contributed by atoms with Crippen LogP contribution in [0.3, 0.4) is 0 Å². The van der Waals surface area contributed by atoms with E-state index in [2.05, 4.69) is 182 Å². The standard InChI is InChI=1S/C48H30OS/c1-2-7-20-36(38-22-9-8-21-37(38)35(19-6-1)33-18-14-17-32(29-33)31-15-4-3-5-16-31)34-27-28-42-44(30-34)50-48-40-24-11-10-23-39(40)47-45(46(42)48)41-25-12-13-26-43(41)49-47/h1-30H. The molecule has 0 aliphatic rings. The van der Waals surface area contributed by atoms with E-state index in [1.165, 1.54) is 80.5 Å². The van der Waals surface area contributed by atoms with Gasteiger partial charge in [0.05, 0.1) is 0 Å². The highest BCUT2D eigenvalue weighted by Gasteiger charge is 2.20. The topological polar surface area (TPSA) is 13.1 Å². The number of benzene rings is 7. The van der Waals surface area contributed by atoms with Gasteiger partial charge in [-0.05, 0) is 62.4 Å². The summed E-state index contributed by atoms with van der Waals surface area (Å²) in [5.74, 6) is 0. The van der Waals surface area contributed by atoms with Crippen molar-refractivity contribution in [3.05, 3.63) is 182 Å². The molecule has 2 aromatic heterocycles. The van der Waals surface area contributed by atoms with E-state index in [1.807, 2.05) is 11.3 Å². The molecule has 0 atom stereocenters. The Kier molecular flexibility index (Phi) is 6.75. The first-order chi connectivity index (χ1) is 24.8. The summed E-state index contributed by atoms with van der Waals surface area (Å²) in [4.78, 5) is 0. The van der Waals surface area contributed by atoms with E-state index in [1.54, 1.807) is 0 Å². The number of fused-ring (bicyclic) bond motifs is 11. The molecule has 0 aliphatic heterocycles. The van der Waals surface area contributed by atoms with Gasteiger partial charge in [0.1, 0.15) is 11.2 Å². The summed E-state index contributed by atoms with van der Waals surface area (Å²) in [5, 5.41) is 9.73. The molecule has 8 aromatic carbocycles. The van der Waals surface area contributed by atoms with Gasteiger partial charge in [-0.15, -0.1) is 11.3 Å². The molecule has 10 aromatic rings. The van der Waals surface area contributed by atoms with Gasteiger partial charge in [-0.25, -0.2) is 0 Å². The number of thiophene rings is 1. The van der Waals surface area contributed by atoms with Crippen molar-refractivity contribution in [3.8, 4) is 33.4 Å². The van der Waals surface area contributed by atoms with Gasteiger partial charge < -0.3 is 4.42 Å². The quantitative estimate of drug-likeness (QED) is 0.185. The Morgan fingerprint density at radius 1 is 0.340 bits per heavy atom. The molecule has 10 rings (SSSR count). The first kappa shape index (κ1) is 28.8. The third-order valence-electron chi connectivity index (χ3n) is 9.91. The van der Waals surface area contributed by atoms with E-state index < -0.39 is 0 Å². The summed E-state index contributed by atoms with van der Waals surface area (Å²) in [7, 11) is 0. The normalized spacial score (nSPS) is 11.6. The molecule has 0 amide bonds. The Labute approximate surface area is 293 Å². The maximum absolute atomic E-state index is 6.55. The molecule has 0 spiro atoms. The van der Waals surface area contributed by atoms with Gasteiger partial charge >= 0.3 is 0 Å². The van der Waals surface area contributed by atoms with Crippen molar-refractivity contribution in [1.29, 1.82) is 0 Å². The lowest BCUT2D eigenvalue weighted by Gasteiger charge is -2.11. The molecule has 0 unspecified atom stereocenters. The van der Waals surface area contributed by atoms with Crippen LogP contribution in [0.4, 0.5) is 0 Å². The van der Waals surface area contributed by atoms with Crippen molar-refractivity contribution in [3.63, 3.8) is 0 Å². The molecule has 0 saturated heterocycles. The fraction of sp³-hybridized carbons (Fsp3) is 0. The van der Waals surface area contributed by atoms with Crippen LogP contribution in [0, 0.1) is 0 Å². The molecule has 50 heavy (non-hydrogen) atoms. The van der Waals surface area contributed by atoms with Crippen LogP contribution in [0.2, 0.25) is 0 Å². The van der Waals surface area contributed by atoms with Crippen LogP contribution in [0.25, 0.3) is 97.0 Å². The molecule has 0 aliphatic carbocycles. The summed E-state index contributed by atoms with van der Waals surface area (Å²) in [6.07, 6.45) is 0. The molecule has 0 N–H and O–H groups in total. The molecular weight excluding hydrogens is 625 g/mol. The molecule has 0 bridgehead atoms. The Hall–Kier alpha value is -6.22. The predicted octanol–water partition coefficient (Wildman–Crippen LogP) is 14.4. The van der Waals surface area contributed by atoms with E-state index in [4.69, 9.17) is 4.42 Å². The highest BCUT2D eigenvalue weighted by atomic mass is 32.1. The first-order valence-electron chi connectivity index (χ1n) is 17.0. The van der Waals surface area contributed by atoms with Gasteiger partial charge in [-0.3, -0.25) is 0 Å². The average molecular weight is 655 g/mol. The highest BCUT2D eigenvalue weighted by molar-refractivity contribution is 7.27. The second kappa shape index (κ2) is 11.7. The van der Waals surface area contributed by atoms with Gasteiger partial charge in [-0.2, -0.15) is 0 Å². The fourth-order valence-electron chi connectivity index (χ4n) is 7.63. The summed E-state index contributed by atoms with van der Waals surface area (Å²) < 4.78 is 9.13. The minimum absolute atomic E-state index is 0.929. The Balaban J connectivity index is 1.24. The lowest BCUT2D eigenvalue weighted by Crippen LogP contribution is -1.84. The van der Waals surface area contributed by atoms with E-state index >= 15 is 0 Å². The van der Waals surface area contributed by atoms with Crippen LogP contribution in [0.1, 0.15) is 0 Å². The molecule has 234 valence electrons. The third kappa shape index (κ3) is 4.61. The lowest BCUT2D eigenvalue weighted by molar-refractivity contribution is 0.673. The van der Waals surface area contributed by atoms with Gasteiger partial charge in [0.15, 0.2) is 0 Å². The maximum Gasteiger partial charge on any atom is 0.143 e. The molecule has 1 nitrogen and oxygen atoms in total. The smallest absolute Gasteiger partial charge is 0.143 e. The zero-order valence-electron chi connectivity index (χ0n) is 27.1. The van der Waals surface area contributed by atoms with Gasteiger partial charge in [0.2, 0.25) is 0 Å². The first-order valence-corrected chi connectivity index (χ1v) is 17.8. The van der Waals surface area contributed by atoms with Crippen molar-refractivity contribution < 1.29 is 4.42 Å². The Bertz CT molecular complexity index is 2980. The third-order valence-corrected chi connectivity index (χ3v) is 11.1. The molecular formula is C48H30OS. The number of hydrogen-bond acceptors (Lipinski definition) is 2. The van der Waals surface area contributed by atoms with Crippen molar-refractivity contribution >= 4 is 75.0 Å². The highest BCUT2D eigenvalue weighted by Crippen LogP contribution is 2.48. The zero-order chi connectivity index (χ0) is 33.0. The van der Waals surface area contributed by atoms with Gasteiger partial charge in [0.25, 0.3) is 0 Å². The Morgan fingerprint density at radius 3 is 1.66 bits per heavy atom. The predicted molar refractivity (Wildman–Crippen MR) is 216 cm³/mol. The monoisotopic (exact) mass is 654 g/mol. The summed E-state index contributed by atoms with van der Waals surface area (Å²) in [5.41, 5.74) is 9.10. The van der Waals surface area contributed by atoms with Crippen LogP contribution >= 0.6 is 11.3 Å². The molecule has 0 radical (unpaired) electrons. The van der Waals surface area contributed by atoms with E-state index in [9.17, 15) is 0 Å². The summed E-state index contributed by atoms with van der Waals surface area (Å²) >= 11 is 1.88. The van der Waals surface area contributed by atoms with Crippen LogP contribution in [0.15, 0.2) is 186 Å². The van der Waals surface area contributed by atoms with Crippen molar-refractivity contribution in [1.82, 2.24) is 0 Å².